The van der Waals surface area contributed by atoms with E-state index >= 15 is 0 Å². The maximum Gasteiger partial charge on any atom is 0.221 e. The van der Waals surface area contributed by atoms with Crippen LogP contribution in [0.5, 0.6) is 0 Å². The van der Waals surface area contributed by atoms with Crippen LogP contribution in [0.1, 0.15) is 19.8 Å². The van der Waals surface area contributed by atoms with E-state index in [0.717, 1.165) is 19.5 Å². The molecule has 114 valence electrons. The Hall–Kier alpha value is -0.690. The first-order valence-corrected chi connectivity index (χ1v) is 6.88. The largest absolute Gasteiger partial charge is 0.385 e. The first kappa shape index (κ1) is 18.3. The van der Waals surface area contributed by atoms with Gasteiger partial charge in [0.05, 0.1) is 6.61 Å². The van der Waals surface area contributed by atoms with Crippen LogP contribution in [-0.4, -0.2) is 70.5 Å². The number of nitrogens with one attached hydrogen (secondary N) is 1. The summed E-state index contributed by atoms with van der Waals surface area (Å²) < 4.78 is 10.2. The van der Waals surface area contributed by atoms with Crippen LogP contribution in [0.25, 0.3) is 0 Å². The van der Waals surface area contributed by atoms with Gasteiger partial charge in [0.1, 0.15) is 0 Å². The van der Waals surface area contributed by atoms with Crippen molar-refractivity contribution in [3.8, 4) is 0 Å². The van der Waals surface area contributed by atoms with Gasteiger partial charge in [0.25, 0.3) is 0 Å². The van der Waals surface area contributed by atoms with Crippen LogP contribution >= 0.6 is 0 Å². The maximum absolute atomic E-state index is 11.7. The molecule has 0 saturated carbocycles. The first-order valence-electron chi connectivity index (χ1n) is 6.88. The molecule has 19 heavy (non-hydrogen) atoms. The molecule has 0 aromatic heterocycles. The van der Waals surface area contributed by atoms with Gasteiger partial charge in [-0.3, -0.25) is 9.69 Å². The highest BCUT2D eigenvalue weighted by Crippen LogP contribution is 2.05. The molecule has 0 aromatic rings. The molecule has 0 bridgehead atoms. The van der Waals surface area contributed by atoms with E-state index in [2.05, 4.69) is 10.2 Å². The normalized spacial score (nSPS) is 12.7. The topological polar surface area (TPSA) is 76.8 Å². The van der Waals surface area contributed by atoms with Crippen LogP contribution < -0.4 is 11.1 Å². The molecule has 0 heterocycles. The number of hydrogen-bond acceptors (Lipinski definition) is 5. The fourth-order valence-electron chi connectivity index (χ4n) is 1.94. The number of methoxy groups -OCH3 is 2. The minimum Gasteiger partial charge on any atom is -0.385 e. The summed E-state index contributed by atoms with van der Waals surface area (Å²) in [5.41, 5.74) is 5.80. The molecule has 6 heteroatoms. The van der Waals surface area contributed by atoms with Gasteiger partial charge in [-0.05, 0) is 13.3 Å². The zero-order valence-electron chi connectivity index (χ0n) is 12.5. The molecule has 6 nitrogen and oxygen atoms in total. The van der Waals surface area contributed by atoms with Gasteiger partial charge in [0.2, 0.25) is 5.91 Å². The zero-order chi connectivity index (χ0) is 14.5. The summed E-state index contributed by atoms with van der Waals surface area (Å²) in [5.74, 6) is 0.0482. The molecule has 0 aromatic carbocycles. The molecule has 1 amide bonds. The molecule has 0 aliphatic rings. The molecule has 0 aliphatic heterocycles. The Balaban J connectivity index is 4.33. The third kappa shape index (κ3) is 8.93. The number of amides is 1. The number of nitrogens with zero attached hydrogens (tertiary/aromatic N) is 1. The van der Waals surface area contributed by atoms with E-state index in [1.807, 2.05) is 6.92 Å². The average Bonchev–Trinajstić information content (AvgIpc) is 2.40. The van der Waals surface area contributed by atoms with Gasteiger partial charge in [-0.2, -0.15) is 0 Å². The third-order valence-electron chi connectivity index (χ3n) is 2.96. The summed E-state index contributed by atoms with van der Waals surface area (Å²) in [6.07, 6.45) is 1.35. The zero-order valence-corrected chi connectivity index (χ0v) is 12.5. The SMILES string of the molecule is CCNC(=O)CC(CN)N(CCCOC)CCOC. The molecule has 0 saturated heterocycles. The van der Waals surface area contributed by atoms with Gasteiger partial charge >= 0.3 is 0 Å². The molecule has 0 fully saturated rings. The smallest absolute Gasteiger partial charge is 0.221 e. The van der Waals surface area contributed by atoms with Crippen molar-refractivity contribution in [2.45, 2.75) is 25.8 Å². The highest BCUT2D eigenvalue weighted by atomic mass is 16.5. The lowest BCUT2D eigenvalue weighted by Crippen LogP contribution is -2.46. The van der Waals surface area contributed by atoms with Gasteiger partial charge < -0.3 is 20.5 Å². The second-order valence-electron chi connectivity index (χ2n) is 4.42. The van der Waals surface area contributed by atoms with Gasteiger partial charge in [-0.25, -0.2) is 0 Å². The molecule has 1 atom stereocenters. The standard InChI is InChI=1S/C13H29N3O3/c1-4-15-13(17)10-12(11-14)16(7-9-19-3)6-5-8-18-2/h12H,4-11,14H2,1-3H3,(H,15,17). The fraction of sp³-hybridized carbons (Fsp3) is 0.923. The fourth-order valence-corrected chi connectivity index (χ4v) is 1.94. The van der Waals surface area contributed by atoms with Gasteiger partial charge in [-0.1, -0.05) is 0 Å². The third-order valence-corrected chi connectivity index (χ3v) is 2.96. The lowest BCUT2D eigenvalue weighted by atomic mass is 10.1. The number of ether oxygens (including phenoxy) is 2. The Kier molecular flexibility index (Phi) is 11.9. The molecule has 3 N–H and O–H groups in total. The van der Waals surface area contributed by atoms with E-state index < -0.39 is 0 Å². The van der Waals surface area contributed by atoms with Gasteiger partial charge in [-0.15, -0.1) is 0 Å². The second kappa shape index (κ2) is 12.3. The quantitative estimate of drug-likeness (QED) is 0.483. The highest BCUT2D eigenvalue weighted by Gasteiger charge is 2.19. The van der Waals surface area contributed by atoms with E-state index in [1.165, 1.54) is 0 Å². The number of hydrogen-bond donors (Lipinski definition) is 2. The van der Waals surface area contributed by atoms with Crippen LogP contribution in [0.4, 0.5) is 0 Å². The van der Waals surface area contributed by atoms with Crippen molar-refractivity contribution in [3.63, 3.8) is 0 Å². The molecular formula is C13H29N3O3. The van der Waals surface area contributed by atoms with Gasteiger partial charge in [0, 0.05) is 59.5 Å². The number of carbonyl (C=O) groups is 1. The monoisotopic (exact) mass is 275 g/mol. The molecule has 0 aliphatic carbocycles. The van der Waals surface area contributed by atoms with Crippen LogP contribution in [0.15, 0.2) is 0 Å². The Labute approximate surface area is 116 Å². The average molecular weight is 275 g/mol. The first-order chi connectivity index (χ1) is 9.19. The summed E-state index contributed by atoms with van der Waals surface area (Å²) in [6, 6.07) is 0.0542. The Bertz CT molecular complexity index is 227. The summed E-state index contributed by atoms with van der Waals surface area (Å²) in [7, 11) is 3.36. The van der Waals surface area contributed by atoms with Crippen molar-refractivity contribution in [2.75, 3.05) is 53.6 Å². The van der Waals surface area contributed by atoms with Crippen LogP contribution in [0.3, 0.4) is 0 Å². The lowest BCUT2D eigenvalue weighted by molar-refractivity contribution is -0.122. The maximum atomic E-state index is 11.7. The Morgan fingerprint density at radius 2 is 1.95 bits per heavy atom. The Morgan fingerprint density at radius 1 is 1.26 bits per heavy atom. The van der Waals surface area contributed by atoms with Crippen LogP contribution in [0.2, 0.25) is 0 Å². The molecular weight excluding hydrogens is 246 g/mol. The second-order valence-corrected chi connectivity index (χ2v) is 4.42. The van der Waals surface area contributed by atoms with Crippen molar-refractivity contribution in [2.24, 2.45) is 5.73 Å². The summed E-state index contributed by atoms with van der Waals surface area (Å²) in [5, 5.41) is 2.81. The van der Waals surface area contributed by atoms with Crippen molar-refractivity contribution in [1.29, 1.82) is 0 Å². The van der Waals surface area contributed by atoms with E-state index in [9.17, 15) is 4.79 Å². The van der Waals surface area contributed by atoms with Crippen molar-refractivity contribution in [3.05, 3.63) is 0 Å². The number of rotatable bonds is 12. The van der Waals surface area contributed by atoms with Crippen molar-refractivity contribution < 1.29 is 14.3 Å². The minimum absolute atomic E-state index is 0.0482. The minimum atomic E-state index is 0.0482. The van der Waals surface area contributed by atoms with Crippen LogP contribution in [0, 0.1) is 0 Å². The van der Waals surface area contributed by atoms with E-state index in [0.29, 0.717) is 32.7 Å². The number of nitrogens with two attached hydrogens (primary N) is 1. The molecule has 1 unspecified atom stereocenters. The number of carbonyl (C=O) groups excluding carboxylic acids is 1. The molecule has 0 spiro atoms. The summed E-state index contributed by atoms with van der Waals surface area (Å²) in [4.78, 5) is 13.9. The predicted molar refractivity (Wildman–Crippen MR) is 76.1 cm³/mol. The van der Waals surface area contributed by atoms with E-state index in [-0.39, 0.29) is 11.9 Å². The molecule has 0 rings (SSSR count). The lowest BCUT2D eigenvalue weighted by Gasteiger charge is -2.30. The van der Waals surface area contributed by atoms with Gasteiger partial charge in [0.15, 0.2) is 0 Å². The van der Waals surface area contributed by atoms with Crippen molar-refractivity contribution in [1.82, 2.24) is 10.2 Å². The molecule has 0 radical (unpaired) electrons. The van der Waals surface area contributed by atoms with Crippen molar-refractivity contribution >= 4 is 5.91 Å². The predicted octanol–water partition coefficient (Wildman–Crippen LogP) is -0.175. The highest BCUT2D eigenvalue weighted by molar-refractivity contribution is 5.76. The Morgan fingerprint density at radius 3 is 2.47 bits per heavy atom. The summed E-state index contributed by atoms with van der Waals surface area (Å²) >= 11 is 0. The van der Waals surface area contributed by atoms with Crippen LogP contribution in [-0.2, 0) is 14.3 Å². The van der Waals surface area contributed by atoms with E-state index in [4.69, 9.17) is 15.2 Å². The van der Waals surface area contributed by atoms with E-state index in [1.54, 1.807) is 14.2 Å². The summed E-state index contributed by atoms with van der Waals surface area (Å²) in [6.45, 7) is 6.02.